The average molecular weight is 477 g/mol. The van der Waals surface area contributed by atoms with Gasteiger partial charge in [0, 0.05) is 89.4 Å². The van der Waals surface area contributed by atoms with Gasteiger partial charge in [-0.3, -0.25) is 9.59 Å². The van der Waals surface area contributed by atoms with E-state index in [0.717, 1.165) is 60.0 Å². The topological polar surface area (TPSA) is 74.2 Å². The van der Waals surface area contributed by atoms with Crippen molar-refractivity contribution in [1.82, 2.24) is 14.5 Å². The number of pyridine rings is 2. The highest BCUT2D eigenvalue weighted by Crippen LogP contribution is 2.42. The van der Waals surface area contributed by atoms with Crippen molar-refractivity contribution in [2.75, 3.05) is 68.1 Å². The lowest BCUT2D eigenvalue weighted by Gasteiger charge is -2.39. The molecule has 0 unspecified atom stereocenters. The normalized spacial score (nSPS) is 16.0. The van der Waals surface area contributed by atoms with Crippen LogP contribution in [-0.2, 0) is 11.8 Å². The molecule has 0 bridgehead atoms. The summed E-state index contributed by atoms with van der Waals surface area (Å²) in [7, 11) is 5.55. The zero-order valence-corrected chi connectivity index (χ0v) is 21.0. The number of ether oxygens (including phenoxy) is 1. The van der Waals surface area contributed by atoms with Gasteiger partial charge in [-0.15, -0.1) is 0 Å². The van der Waals surface area contributed by atoms with Crippen LogP contribution in [0.25, 0.3) is 10.9 Å². The summed E-state index contributed by atoms with van der Waals surface area (Å²) in [6.45, 7) is 8.07. The van der Waals surface area contributed by atoms with Gasteiger partial charge in [-0.05, 0) is 13.0 Å². The van der Waals surface area contributed by atoms with E-state index in [-0.39, 0.29) is 11.5 Å². The summed E-state index contributed by atoms with van der Waals surface area (Å²) in [6, 6.07) is 8.07. The van der Waals surface area contributed by atoms with Crippen LogP contribution in [-0.4, -0.2) is 73.8 Å². The molecular formula is C26H32N6O3. The first-order valence-electron chi connectivity index (χ1n) is 12.0. The highest BCUT2D eigenvalue weighted by Gasteiger charge is 2.27. The highest BCUT2D eigenvalue weighted by molar-refractivity contribution is 5.98. The molecule has 5 rings (SSSR count). The van der Waals surface area contributed by atoms with E-state index in [2.05, 4.69) is 27.8 Å². The van der Waals surface area contributed by atoms with E-state index in [4.69, 9.17) is 9.72 Å². The van der Waals surface area contributed by atoms with Crippen molar-refractivity contribution in [2.45, 2.75) is 13.8 Å². The molecule has 1 saturated heterocycles. The number of aromatic nitrogens is 2. The van der Waals surface area contributed by atoms with Crippen molar-refractivity contribution in [1.29, 1.82) is 0 Å². The van der Waals surface area contributed by atoms with Crippen molar-refractivity contribution >= 4 is 39.7 Å². The minimum atomic E-state index is -0.00772. The van der Waals surface area contributed by atoms with Gasteiger partial charge < -0.3 is 28.9 Å². The van der Waals surface area contributed by atoms with Crippen LogP contribution in [0.4, 0.5) is 22.9 Å². The maximum absolute atomic E-state index is 12.6. The largest absolute Gasteiger partial charge is 0.497 e. The Morgan fingerprint density at radius 2 is 1.69 bits per heavy atom. The van der Waals surface area contributed by atoms with Gasteiger partial charge in [-0.2, -0.15) is 0 Å². The molecular weight excluding hydrogens is 444 g/mol. The standard InChI is InChI=1S/C26H32N6O3/c1-17-12-20-21(29(4)26(17)34)13-19(35-5)14-22(20)32-11-6-28(3)23-15-25(27-16-24(23)32)31-9-7-30(8-10-31)18(2)33/h12-16H,6-11H2,1-5H3. The third-order valence-electron chi connectivity index (χ3n) is 7.26. The molecule has 0 N–H and O–H groups in total. The Kier molecular flexibility index (Phi) is 5.78. The van der Waals surface area contributed by atoms with Crippen LogP contribution in [0.3, 0.4) is 0 Å². The minimum absolute atomic E-state index is 0.00772. The molecule has 1 fully saturated rings. The van der Waals surface area contributed by atoms with Gasteiger partial charge in [0.1, 0.15) is 11.6 Å². The molecule has 3 aromatic rings. The molecule has 0 aliphatic carbocycles. The second-order valence-electron chi connectivity index (χ2n) is 9.37. The molecule has 2 aliphatic rings. The number of hydrogen-bond acceptors (Lipinski definition) is 7. The van der Waals surface area contributed by atoms with E-state index in [0.29, 0.717) is 24.4 Å². The molecule has 0 radical (unpaired) electrons. The first-order chi connectivity index (χ1) is 16.8. The van der Waals surface area contributed by atoms with Gasteiger partial charge >= 0.3 is 0 Å². The molecule has 184 valence electrons. The third-order valence-corrected chi connectivity index (χ3v) is 7.26. The van der Waals surface area contributed by atoms with Crippen molar-refractivity contribution in [3.8, 4) is 5.75 Å². The Hall–Kier alpha value is -3.75. The van der Waals surface area contributed by atoms with Crippen LogP contribution in [0, 0.1) is 6.92 Å². The summed E-state index contributed by atoms with van der Waals surface area (Å²) in [5.41, 5.74) is 4.66. The number of likely N-dealkylation sites (N-methyl/N-ethyl adjacent to an activating group) is 1. The Balaban J connectivity index is 1.57. The number of amides is 1. The zero-order valence-electron chi connectivity index (χ0n) is 21.0. The number of nitrogens with zero attached hydrogens (tertiary/aromatic N) is 6. The lowest BCUT2D eigenvalue weighted by Crippen LogP contribution is -2.48. The number of carbonyl (C=O) groups is 1. The van der Waals surface area contributed by atoms with E-state index >= 15 is 0 Å². The predicted molar refractivity (Wildman–Crippen MR) is 139 cm³/mol. The second-order valence-corrected chi connectivity index (χ2v) is 9.37. The van der Waals surface area contributed by atoms with Crippen LogP contribution in [0.15, 0.2) is 35.3 Å². The van der Waals surface area contributed by atoms with Crippen LogP contribution in [0.2, 0.25) is 0 Å². The fraction of sp³-hybridized carbons (Fsp3) is 0.423. The second kappa shape index (κ2) is 8.79. The maximum Gasteiger partial charge on any atom is 0.253 e. The number of carbonyl (C=O) groups excluding carboxylic acids is 1. The number of benzene rings is 1. The van der Waals surface area contributed by atoms with E-state index in [1.807, 2.05) is 36.2 Å². The van der Waals surface area contributed by atoms with E-state index in [1.165, 1.54) is 0 Å². The molecule has 0 saturated carbocycles. The van der Waals surface area contributed by atoms with Gasteiger partial charge in [-0.25, -0.2) is 4.98 Å². The summed E-state index contributed by atoms with van der Waals surface area (Å²) < 4.78 is 7.30. The third kappa shape index (κ3) is 3.94. The minimum Gasteiger partial charge on any atom is -0.497 e. The molecule has 9 nitrogen and oxygen atoms in total. The van der Waals surface area contributed by atoms with E-state index in [9.17, 15) is 9.59 Å². The lowest BCUT2D eigenvalue weighted by molar-refractivity contribution is -0.129. The van der Waals surface area contributed by atoms with Gasteiger partial charge in [0.05, 0.1) is 35.9 Å². The molecule has 1 amide bonds. The molecule has 35 heavy (non-hydrogen) atoms. The summed E-state index contributed by atoms with van der Waals surface area (Å²) in [5, 5.41) is 1.00. The fourth-order valence-corrected chi connectivity index (χ4v) is 5.12. The Morgan fingerprint density at radius 1 is 0.943 bits per heavy atom. The summed E-state index contributed by atoms with van der Waals surface area (Å²) in [5.74, 6) is 1.76. The quantitative estimate of drug-likeness (QED) is 0.575. The Bertz CT molecular complexity index is 1360. The van der Waals surface area contributed by atoms with Crippen molar-refractivity contribution in [3.05, 3.63) is 46.4 Å². The van der Waals surface area contributed by atoms with Crippen molar-refractivity contribution < 1.29 is 9.53 Å². The molecule has 1 aromatic carbocycles. The summed E-state index contributed by atoms with van der Waals surface area (Å²) >= 11 is 0. The number of anilines is 4. The van der Waals surface area contributed by atoms with Crippen LogP contribution in [0.1, 0.15) is 12.5 Å². The molecule has 9 heteroatoms. The SMILES string of the molecule is COc1cc(N2CCN(C)c3cc(N4CCN(C(C)=O)CC4)ncc32)c2cc(C)c(=O)n(C)c2c1. The van der Waals surface area contributed by atoms with Crippen LogP contribution in [0.5, 0.6) is 5.75 Å². The first-order valence-corrected chi connectivity index (χ1v) is 12.0. The highest BCUT2D eigenvalue weighted by atomic mass is 16.5. The molecule has 0 atom stereocenters. The van der Waals surface area contributed by atoms with Gasteiger partial charge in [-0.1, -0.05) is 0 Å². The van der Waals surface area contributed by atoms with Crippen molar-refractivity contribution in [2.24, 2.45) is 7.05 Å². The molecule has 2 aromatic heterocycles. The predicted octanol–water partition coefficient (Wildman–Crippen LogP) is 2.51. The number of hydrogen-bond donors (Lipinski definition) is 0. The van der Waals surface area contributed by atoms with E-state index in [1.54, 1.807) is 25.6 Å². The number of aryl methyl sites for hydroxylation is 2. The van der Waals surface area contributed by atoms with Gasteiger partial charge in [0.15, 0.2) is 0 Å². The zero-order chi connectivity index (χ0) is 24.9. The summed E-state index contributed by atoms with van der Waals surface area (Å²) in [6.07, 6.45) is 1.94. The molecule has 2 aliphatic heterocycles. The summed E-state index contributed by atoms with van der Waals surface area (Å²) in [4.78, 5) is 37.8. The van der Waals surface area contributed by atoms with Gasteiger partial charge in [0.2, 0.25) is 5.91 Å². The Labute approximate surface area is 205 Å². The number of rotatable bonds is 3. The number of piperazine rings is 1. The fourth-order valence-electron chi connectivity index (χ4n) is 5.12. The number of fused-ring (bicyclic) bond motifs is 2. The van der Waals surface area contributed by atoms with Crippen LogP contribution < -0.4 is 25.0 Å². The number of methoxy groups -OCH3 is 1. The average Bonchev–Trinajstić information content (AvgIpc) is 2.87. The Morgan fingerprint density at radius 3 is 2.37 bits per heavy atom. The molecule has 4 heterocycles. The first kappa shape index (κ1) is 23.0. The van der Waals surface area contributed by atoms with Crippen molar-refractivity contribution in [3.63, 3.8) is 0 Å². The lowest BCUT2D eigenvalue weighted by atomic mass is 10.1. The monoisotopic (exact) mass is 476 g/mol. The van der Waals surface area contributed by atoms with Crippen LogP contribution >= 0.6 is 0 Å². The van der Waals surface area contributed by atoms with Gasteiger partial charge in [0.25, 0.3) is 5.56 Å². The maximum atomic E-state index is 12.6. The van der Waals surface area contributed by atoms with E-state index < -0.39 is 0 Å². The smallest absolute Gasteiger partial charge is 0.253 e. The molecule has 0 spiro atoms.